The summed E-state index contributed by atoms with van der Waals surface area (Å²) >= 11 is 0. The van der Waals surface area contributed by atoms with E-state index in [9.17, 15) is 4.79 Å². The van der Waals surface area contributed by atoms with E-state index in [0.29, 0.717) is 6.54 Å². The fourth-order valence-corrected chi connectivity index (χ4v) is 2.74. The first-order chi connectivity index (χ1) is 10.7. The minimum absolute atomic E-state index is 0.0196. The molecule has 1 aromatic carbocycles. The van der Waals surface area contributed by atoms with Crippen molar-refractivity contribution in [1.82, 2.24) is 0 Å². The Morgan fingerprint density at radius 2 is 2.04 bits per heavy atom. The molecule has 4 nitrogen and oxygen atoms in total. The van der Waals surface area contributed by atoms with Gasteiger partial charge in [0.25, 0.3) is 5.91 Å². The third kappa shape index (κ3) is 3.42. The number of amides is 1. The fraction of sp³-hybridized carbons (Fsp3) is 0.526. The van der Waals surface area contributed by atoms with Gasteiger partial charge in [0.1, 0.15) is 5.75 Å². The molecule has 1 amide bonds. The van der Waals surface area contributed by atoms with Crippen LogP contribution in [0.2, 0.25) is 0 Å². The second-order valence-electron chi connectivity index (χ2n) is 7.59. The Hall–Kier alpha value is -1.81. The van der Waals surface area contributed by atoms with E-state index >= 15 is 0 Å². The first-order valence-corrected chi connectivity index (χ1v) is 8.15. The van der Waals surface area contributed by atoms with E-state index in [1.165, 1.54) is 0 Å². The minimum Gasteiger partial charge on any atom is -0.478 e. The van der Waals surface area contributed by atoms with Gasteiger partial charge in [-0.2, -0.15) is 0 Å². The van der Waals surface area contributed by atoms with Gasteiger partial charge in [-0.05, 0) is 29.0 Å². The van der Waals surface area contributed by atoms with Gasteiger partial charge in [0, 0.05) is 12.6 Å². The van der Waals surface area contributed by atoms with Crippen LogP contribution in [0.3, 0.4) is 0 Å². The van der Waals surface area contributed by atoms with Crippen molar-refractivity contribution in [2.75, 3.05) is 11.4 Å². The zero-order valence-electron chi connectivity index (χ0n) is 14.8. The highest BCUT2D eigenvalue weighted by Crippen LogP contribution is 2.39. The zero-order valence-corrected chi connectivity index (χ0v) is 14.8. The Morgan fingerprint density at radius 3 is 2.57 bits per heavy atom. The van der Waals surface area contributed by atoms with E-state index in [1.807, 2.05) is 32.0 Å². The normalized spacial score (nSPS) is 19.3. The molecule has 1 aliphatic rings. The van der Waals surface area contributed by atoms with Crippen LogP contribution in [0.5, 0.6) is 5.75 Å². The second-order valence-corrected chi connectivity index (χ2v) is 7.59. The molecule has 2 N–H and O–H groups in total. The van der Waals surface area contributed by atoms with Crippen LogP contribution in [0, 0.1) is 11.3 Å². The van der Waals surface area contributed by atoms with Crippen LogP contribution < -0.4 is 15.4 Å². The minimum atomic E-state index is -0.454. The number of anilines is 1. The van der Waals surface area contributed by atoms with Crippen LogP contribution >= 0.6 is 0 Å². The summed E-state index contributed by atoms with van der Waals surface area (Å²) in [5.74, 6) is 0.823. The van der Waals surface area contributed by atoms with Crippen LogP contribution in [0.25, 0.3) is 0 Å². The van der Waals surface area contributed by atoms with Crippen LogP contribution in [0.15, 0.2) is 30.9 Å². The molecule has 2 rings (SSSR count). The van der Waals surface area contributed by atoms with E-state index in [1.54, 1.807) is 11.0 Å². The van der Waals surface area contributed by atoms with Crippen molar-refractivity contribution in [3.63, 3.8) is 0 Å². The van der Waals surface area contributed by atoms with E-state index in [2.05, 4.69) is 27.4 Å². The monoisotopic (exact) mass is 316 g/mol. The summed E-state index contributed by atoms with van der Waals surface area (Å²) in [5.41, 5.74) is 8.10. The lowest BCUT2D eigenvalue weighted by atomic mass is 9.83. The van der Waals surface area contributed by atoms with Crippen LogP contribution in [0.1, 0.15) is 46.2 Å². The lowest BCUT2D eigenvalue weighted by Gasteiger charge is -2.36. The maximum atomic E-state index is 12.7. The molecule has 0 fully saturated rings. The van der Waals surface area contributed by atoms with E-state index in [0.717, 1.165) is 17.0 Å². The summed E-state index contributed by atoms with van der Waals surface area (Å²) in [4.78, 5) is 14.5. The van der Waals surface area contributed by atoms with E-state index < -0.39 is 6.10 Å². The zero-order chi connectivity index (χ0) is 17.4. The van der Waals surface area contributed by atoms with Crippen molar-refractivity contribution in [2.45, 2.75) is 46.8 Å². The largest absolute Gasteiger partial charge is 0.478 e. The molecule has 0 saturated carbocycles. The topological polar surface area (TPSA) is 55.6 Å². The Morgan fingerprint density at radius 1 is 1.39 bits per heavy atom. The van der Waals surface area contributed by atoms with Crippen molar-refractivity contribution < 1.29 is 9.53 Å². The number of hydrogen-bond acceptors (Lipinski definition) is 3. The Kier molecular flexibility index (Phi) is 4.85. The number of nitrogens with two attached hydrogens (primary N) is 1. The Bertz CT molecular complexity index is 602. The van der Waals surface area contributed by atoms with Gasteiger partial charge < -0.3 is 15.4 Å². The number of hydrogen-bond donors (Lipinski definition) is 1. The number of fused-ring (bicyclic) bond motifs is 1. The molecule has 1 aromatic rings. The van der Waals surface area contributed by atoms with Crippen LogP contribution in [-0.4, -0.2) is 18.6 Å². The molecule has 0 spiro atoms. The summed E-state index contributed by atoms with van der Waals surface area (Å²) < 4.78 is 5.94. The molecule has 0 aliphatic carbocycles. The summed E-state index contributed by atoms with van der Waals surface area (Å²) in [5, 5.41) is 0. The van der Waals surface area contributed by atoms with Gasteiger partial charge in [-0.3, -0.25) is 4.79 Å². The van der Waals surface area contributed by atoms with Crippen molar-refractivity contribution in [2.24, 2.45) is 17.1 Å². The number of nitrogens with zero attached hydrogens (tertiary/aromatic N) is 1. The molecule has 2 atom stereocenters. The highest BCUT2D eigenvalue weighted by Gasteiger charge is 2.36. The number of carbonyl (C=O) groups is 1. The Balaban J connectivity index is 2.48. The standard InChI is InChI=1S/C19H28N2O2/c1-7-10-21-14-11-13(17(20)19(4,5)6)8-9-15(14)23-16(12(2)3)18(21)22/h7-9,11-12,16-17H,1,10,20H2,2-6H3. The SMILES string of the molecule is C=CCN1C(=O)C(C(C)C)Oc2ccc(C(N)C(C)(C)C)cc21. The van der Waals surface area contributed by atoms with Gasteiger partial charge in [-0.1, -0.05) is 46.8 Å². The highest BCUT2D eigenvalue weighted by molar-refractivity contribution is 6.00. The van der Waals surface area contributed by atoms with Gasteiger partial charge >= 0.3 is 0 Å². The van der Waals surface area contributed by atoms with Crippen LogP contribution in [-0.2, 0) is 4.79 Å². The summed E-state index contributed by atoms with van der Waals surface area (Å²) in [7, 11) is 0. The molecule has 0 bridgehead atoms. The highest BCUT2D eigenvalue weighted by atomic mass is 16.5. The molecule has 4 heteroatoms. The molecule has 1 heterocycles. The quantitative estimate of drug-likeness (QED) is 0.862. The molecule has 0 saturated heterocycles. The van der Waals surface area contributed by atoms with Crippen LogP contribution in [0.4, 0.5) is 5.69 Å². The lowest BCUT2D eigenvalue weighted by molar-refractivity contribution is -0.128. The van der Waals surface area contributed by atoms with Crippen molar-refractivity contribution in [3.05, 3.63) is 36.4 Å². The summed E-state index contributed by atoms with van der Waals surface area (Å²) in [6.07, 6.45) is 1.28. The summed E-state index contributed by atoms with van der Waals surface area (Å²) in [6.45, 7) is 14.5. The van der Waals surface area contributed by atoms with Gasteiger partial charge in [-0.15, -0.1) is 6.58 Å². The van der Waals surface area contributed by atoms with Crippen molar-refractivity contribution in [1.29, 1.82) is 0 Å². The number of benzene rings is 1. The van der Waals surface area contributed by atoms with Gasteiger partial charge in [0.2, 0.25) is 0 Å². The Labute approximate surface area is 139 Å². The van der Waals surface area contributed by atoms with Crippen molar-refractivity contribution >= 4 is 11.6 Å². The molecular formula is C19H28N2O2. The number of ether oxygens (including phenoxy) is 1. The number of rotatable bonds is 4. The van der Waals surface area contributed by atoms with E-state index in [4.69, 9.17) is 10.5 Å². The average Bonchev–Trinajstić information content (AvgIpc) is 2.47. The third-order valence-electron chi connectivity index (χ3n) is 4.25. The number of carbonyl (C=O) groups excluding carboxylic acids is 1. The molecule has 2 unspecified atom stereocenters. The molecular weight excluding hydrogens is 288 g/mol. The first-order valence-electron chi connectivity index (χ1n) is 8.15. The van der Waals surface area contributed by atoms with Crippen molar-refractivity contribution in [3.8, 4) is 5.75 Å². The second kappa shape index (κ2) is 6.36. The molecule has 126 valence electrons. The molecule has 23 heavy (non-hydrogen) atoms. The predicted octanol–water partition coefficient (Wildman–Crippen LogP) is 3.67. The van der Waals surface area contributed by atoms with Gasteiger partial charge in [-0.25, -0.2) is 0 Å². The smallest absolute Gasteiger partial charge is 0.268 e. The first kappa shape index (κ1) is 17.5. The predicted molar refractivity (Wildman–Crippen MR) is 94.6 cm³/mol. The fourth-order valence-electron chi connectivity index (χ4n) is 2.74. The molecule has 1 aliphatic heterocycles. The summed E-state index contributed by atoms with van der Waals surface area (Å²) in [6, 6.07) is 5.78. The molecule has 0 radical (unpaired) electrons. The molecule has 0 aromatic heterocycles. The lowest BCUT2D eigenvalue weighted by Crippen LogP contribution is -2.48. The maximum Gasteiger partial charge on any atom is 0.268 e. The van der Waals surface area contributed by atoms with Gasteiger partial charge in [0.15, 0.2) is 6.10 Å². The van der Waals surface area contributed by atoms with Gasteiger partial charge in [0.05, 0.1) is 5.69 Å². The maximum absolute atomic E-state index is 12.7. The van der Waals surface area contributed by atoms with E-state index in [-0.39, 0.29) is 23.3 Å². The third-order valence-corrected chi connectivity index (χ3v) is 4.25. The average molecular weight is 316 g/mol.